The van der Waals surface area contributed by atoms with E-state index in [4.69, 9.17) is 16.6 Å². The number of aryl methyl sites for hydroxylation is 2. The lowest BCUT2D eigenvalue weighted by Crippen LogP contribution is -2.50. The average molecular weight is 517 g/mol. The van der Waals surface area contributed by atoms with Gasteiger partial charge >= 0.3 is 0 Å². The number of rotatable bonds is 3. The molecule has 0 N–H and O–H groups in total. The van der Waals surface area contributed by atoms with Crippen LogP contribution >= 0.6 is 27.5 Å². The quantitative estimate of drug-likeness (QED) is 0.517. The Morgan fingerprint density at radius 1 is 1.03 bits per heavy atom. The highest BCUT2D eigenvalue weighted by molar-refractivity contribution is 9.10. The molecule has 4 nitrogen and oxygen atoms in total. The second kappa shape index (κ2) is 9.82. The maximum Gasteiger partial charge on any atom is 0.222 e. The summed E-state index contributed by atoms with van der Waals surface area (Å²) in [4.78, 5) is 22.5. The molecule has 32 heavy (non-hydrogen) atoms. The molecule has 1 unspecified atom stereocenters. The van der Waals surface area contributed by atoms with Gasteiger partial charge in [-0.05, 0) is 82.4 Å². The Morgan fingerprint density at radius 3 is 2.56 bits per heavy atom. The Hall–Kier alpha value is -1.43. The summed E-state index contributed by atoms with van der Waals surface area (Å²) in [5.74, 6) is 0.953. The predicted octanol–water partition coefficient (Wildman–Crippen LogP) is 5.80. The van der Waals surface area contributed by atoms with Crippen LogP contribution in [0.1, 0.15) is 67.0 Å². The molecule has 1 amide bonds. The van der Waals surface area contributed by atoms with E-state index in [1.54, 1.807) is 0 Å². The van der Waals surface area contributed by atoms with Gasteiger partial charge < -0.3 is 4.90 Å². The van der Waals surface area contributed by atoms with Gasteiger partial charge in [-0.2, -0.15) is 0 Å². The zero-order valence-electron chi connectivity index (χ0n) is 18.5. The van der Waals surface area contributed by atoms with Crippen molar-refractivity contribution in [2.24, 2.45) is 5.92 Å². The fourth-order valence-electron chi connectivity index (χ4n) is 5.78. The summed E-state index contributed by atoms with van der Waals surface area (Å²) in [5.41, 5.74) is 5.07. The van der Waals surface area contributed by atoms with Crippen molar-refractivity contribution in [3.8, 4) is 0 Å². The normalized spacial score (nSPS) is 22.2. The van der Waals surface area contributed by atoms with Crippen LogP contribution in [0.15, 0.2) is 34.9 Å². The summed E-state index contributed by atoms with van der Waals surface area (Å²) in [6.45, 7) is 3.36. The van der Waals surface area contributed by atoms with Crippen molar-refractivity contribution >= 4 is 33.4 Å². The molecule has 1 aromatic carbocycles. The number of halogens is 2. The minimum absolute atomic E-state index is 0.114. The van der Waals surface area contributed by atoms with Crippen LogP contribution < -0.4 is 0 Å². The molecule has 2 heterocycles. The molecular weight excluding hydrogens is 486 g/mol. The highest BCUT2D eigenvalue weighted by Gasteiger charge is 2.33. The molecule has 3 aliphatic rings. The molecule has 0 bridgehead atoms. The molecule has 2 aromatic rings. The van der Waals surface area contributed by atoms with Gasteiger partial charge in [-0.15, -0.1) is 0 Å². The first-order valence-electron chi connectivity index (χ1n) is 12.0. The SMILES string of the molecule is O=C(CC1CCCCC1)N1CCN(C2c3ccc(Cl)cc3CCc3cc(Br)cnc32)CC1. The van der Waals surface area contributed by atoms with E-state index in [2.05, 4.69) is 43.9 Å². The molecule has 2 fully saturated rings. The topological polar surface area (TPSA) is 36.4 Å². The molecule has 0 spiro atoms. The number of carbonyl (C=O) groups is 1. The molecule has 1 saturated heterocycles. The molecular formula is C26H31BrClN3O. The zero-order valence-corrected chi connectivity index (χ0v) is 20.9. The Balaban J connectivity index is 1.35. The fraction of sp³-hybridized carbons (Fsp3) is 0.538. The highest BCUT2D eigenvalue weighted by atomic mass is 79.9. The van der Waals surface area contributed by atoms with Gasteiger partial charge in [0, 0.05) is 48.3 Å². The van der Waals surface area contributed by atoms with Gasteiger partial charge in [-0.25, -0.2) is 0 Å². The van der Waals surface area contributed by atoms with Gasteiger partial charge in [-0.1, -0.05) is 36.9 Å². The molecule has 2 aliphatic carbocycles. The Labute approximate surface area is 204 Å². The fourth-order valence-corrected chi connectivity index (χ4v) is 6.35. The molecule has 5 rings (SSSR count). The second-order valence-corrected chi connectivity index (χ2v) is 10.9. The van der Waals surface area contributed by atoms with Crippen LogP contribution in [0.3, 0.4) is 0 Å². The van der Waals surface area contributed by atoms with Crippen molar-refractivity contribution in [3.63, 3.8) is 0 Å². The maximum absolute atomic E-state index is 13.0. The van der Waals surface area contributed by atoms with Gasteiger partial charge in [0.15, 0.2) is 0 Å². The van der Waals surface area contributed by atoms with Gasteiger partial charge in [0.2, 0.25) is 5.91 Å². The average Bonchev–Trinajstić information content (AvgIpc) is 2.96. The van der Waals surface area contributed by atoms with Crippen LogP contribution in [-0.4, -0.2) is 46.9 Å². The van der Waals surface area contributed by atoms with Crippen molar-refractivity contribution in [1.29, 1.82) is 0 Å². The van der Waals surface area contributed by atoms with E-state index in [-0.39, 0.29) is 6.04 Å². The number of benzene rings is 1. The van der Waals surface area contributed by atoms with E-state index in [9.17, 15) is 4.79 Å². The molecule has 6 heteroatoms. The number of aromatic nitrogens is 1. The number of carbonyl (C=O) groups excluding carboxylic acids is 1. The minimum atomic E-state index is 0.114. The zero-order chi connectivity index (χ0) is 22.1. The van der Waals surface area contributed by atoms with Gasteiger partial charge in [0.05, 0.1) is 11.7 Å². The lowest BCUT2D eigenvalue weighted by molar-refractivity contribution is -0.134. The minimum Gasteiger partial charge on any atom is -0.340 e. The largest absolute Gasteiger partial charge is 0.340 e. The third kappa shape index (κ3) is 4.76. The molecule has 1 aliphatic heterocycles. The predicted molar refractivity (Wildman–Crippen MR) is 132 cm³/mol. The first-order valence-corrected chi connectivity index (χ1v) is 13.2. The first kappa shape index (κ1) is 22.4. The van der Waals surface area contributed by atoms with Crippen LogP contribution in [0, 0.1) is 5.92 Å². The second-order valence-electron chi connectivity index (χ2n) is 9.57. The molecule has 1 aromatic heterocycles. The third-order valence-corrected chi connectivity index (χ3v) is 8.18. The van der Waals surface area contributed by atoms with E-state index in [0.29, 0.717) is 11.8 Å². The number of pyridine rings is 1. The summed E-state index contributed by atoms with van der Waals surface area (Å²) in [6, 6.07) is 8.63. The third-order valence-electron chi connectivity index (χ3n) is 7.51. The Bertz CT molecular complexity index is 930. The van der Waals surface area contributed by atoms with E-state index < -0.39 is 0 Å². The van der Waals surface area contributed by atoms with E-state index in [1.165, 1.54) is 48.8 Å². The molecule has 1 atom stereocenters. The van der Waals surface area contributed by atoms with Crippen LogP contribution in [0.2, 0.25) is 5.02 Å². The lowest BCUT2D eigenvalue weighted by atomic mass is 9.86. The smallest absolute Gasteiger partial charge is 0.222 e. The molecule has 170 valence electrons. The summed E-state index contributed by atoms with van der Waals surface area (Å²) in [6.07, 6.45) is 11.0. The van der Waals surface area contributed by atoms with Crippen molar-refractivity contribution in [2.45, 2.75) is 57.4 Å². The maximum atomic E-state index is 13.0. The van der Waals surface area contributed by atoms with Crippen molar-refractivity contribution in [2.75, 3.05) is 26.2 Å². The summed E-state index contributed by atoms with van der Waals surface area (Å²) in [7, 11) is 0. The van der Waals surface area contributed by atoms with Crippen LogP contribution in [-0.2, 0) is 17.6 Å². The number of fused-ring (bicyclic) bond motifs is 2. The lowest BCUT2D eigenvalue weighted by Gasteiger charge is -2.40. The number of amides is 1. The van der Waals surface area contributed by atoms with Crippen LogP contribution in [0.5, 0.6) is 0 Å². The number of piperazine rings is 1. The number of nitrogens with zero attached hydrogens (tertiary/aromatic N) is 3. The molecule has 0 radical (unpaired) electrons. The standard InChI is InChI=1S/C26H31BrClN3O/c27-21-15-20-7-6-19-16-22(28)8-9-23(19)26(25(20)29-17-21)31-12-10-30(11-13-31)24(32)14-18-4-2-1-3-5-18/h8-9,15-18,26H,1-7,10-14H2. The van der Waals surface area contributed by atoms with Crippen LogP contribution in [0.25, 0.3) is 0 Å². The Kier molecular flexibility index (Phi) is 6.87. The summed E-state index contributed by atoms with van der Waals surface area (Å²) >= 11 is 9.95. The number of hydrogen-bond donors (Lipinski definition) is 0. The van der Waals surface area contributed by atoms with Crippen molar-refractivity contribution in [3.05, 3.63) is 62.3 Å². The summed E-state index contributed by atoms with van der Waals surface area (Å²) < 4.78 is 1.03. The summed E-state index contributed by atoms with van der Waals surface area (Å²) in [5, 5.41) is 0.792. The van der Waals surface area contributed by atoms with Gasteiger partial charge in [0.25, 0.3) is 0 Å². The Morgan fingerprint density at radius 2 is 1.78 bits per heavy atom. The van der Waals surface area contributed by atoms with E-state index >= 15 is 0 Å². The molecule has 1 saturated carbocycles. The van der Waals surface area contributed by atoms with Gasteiger partial charge in [-0.3, -0.25) is 14.7 Å². The van der Waals surface area contributed by atoms with Crippen LogP contribution in [0.4, 0.5) is 0 Å². The van der Waals surface area contributed by atoms with Crippen molar-refractivity contribution in [1.82, 2.24) is 14.8 Å². The van der Waals surface area contributed by atoms with E-state index in [1.807, 2.05) is 12.3 Å². The first-order chi connectivity index (χ1) is 15.6. The monoisotopic (exact) mass is 515 g/mol. The highest BCUT2D eigenvalue weighted by Crippen LogP contribution is 2.38. The van der Waals surface area contributed by atoms with Crippen molar-refractivity contribution < 1.29 is 4.79 Å². The van der Waals surface area contributed by atoms with Gasteiger partial charge in [0.1, 0.15) is 0 Å². The van der Waals surface area contributed by atoms with E-state index in [0.717, 1.165) is 60.6 Å². The number of hydrogen-bond acceptors (Lipinski definition) is 3.